The van der Waals surface area contributed by atoms with Crippen molar-refractivity contribution < 1.29 is 28.5 Å². The van der Waals surface area contributed by atoms with Gasteiger partial charge < -0.3 is 24.7 Å². The largest absolute Gasteiger partial charge is 0.494 e. The molecule has 8 nitrogen and oxygen atoms in total. The van der Waals surface area contributed by atoms with Crippen LogP contribution in [-0.4, -0.2) is 58.2 Å². The molecular weight excluding hydrogens is 556 g/mol. The molecule has 0 amide bonds. The number of aryl methyl sites for hydroxylation is 1. The molecule has 2 N–H and O–H groups in total. The SMILES string of the molecule is CCCCCCCCCCCCCCCc1cccc(OCC)c1C1C(C(=O)OC)=C(COCCN)N=C(C)C1C(=O)OC. The summed E-state index contributed by atoms with van der Waals surface area (Å²) in [7, 11) is 2.70. The van der Waals surface area contributed by atoms with Crippen LogP contribution in [0.1, 0.15) is 121 Å². The molecule has 0 bridgehead atoms. The summed E-state index contributed by atoms with van der Waals surface area (Å²) >= 11 is 0. The van der Waals surface area contributed by atoms with Crippen LogP contribution in [0, 0.1) is 5.92 Å². The minimum Gasteiger partial charge on any atom is -0.494 e. The molecule has 1 aromatic rings. The van der Waals surface area contributed by atoms with Gasteiger partial charge in [-0.15, -0.1) is 0 Å². The van der Waals surface area contributed by atoms with Crippen LogP contribution in [0.15, 0.2) is 34.5 Å². The van der Waals surface area contributed by atoms with E-state index in [1.165, 1.54) is 84.8 Å². The van der Waals surface area contributed by atoms with Crippen molar-refractivity contribution in [3.05, 3.63) is 40.6 Å². The Kier molecular flexibility index (Phi) is 18.7. The summed E-state index contributed by atoms with van der Waals surface area (Å²) < 4.78 is 22.3. The Labute approximate surface area is 266 Å². The van der Waals surface area contributed by atoms with E-state index >= 15 is 0 Å². The summed E-state index contributed by atoms with van der Waals surface area (Å²) in [4.78, 5) is 31.3. The minimum absolute atomic E-state index is 0.0777. The molecule has 44 heavy (non-hydrogen) atoms. The number of rotatable bonds is 23. The van der Waals surface area contributed by atoms with E-state index in [1.807, 2.05) is 19.1 Å². The van der Waals surface area contributed by atoms with Crippen LogP contribution in [0.4, 0.5) is 0 Å². The topological polar surface area (TPSA) is 109 Å². The minimum atomic E-state index is -0.806. The first-order valence-corrected chi connectivity index (χ1v) is 16.9. The predicted molar refractivity (Wildman–Crippen MR) is 177 cm³/mol. The van der Waals surface area contributed by atoms with E-state index in [4.69, 9.17) is 24.7 Å². The molecule has 2 rings (SSSR count). The van der Waals surface area contributed by atoms with Gasteiger partial charge in [-0.05, 0) is 38.3 Å². The Morgan fingerprint density at radius 2 is 1.48 bits per heavy atom. The highest BCUT2D eigenvalue weighted by atomic mass is 16.5. The van der Waals surface area contributed by atoms with E-state index in [0.717, 1.165) is 30.4 Å². The smallest absolute Gasteiger partial charge is 0.336 e. The van der Waals surface area contributed by atoms with Gasteiger partial charge in [0, 0.05) is 23.7 Å². The molecule has 1 heterocycles. The van der Waals surface area contributed by atoms with Crippen LogP contribution < -0.4 is 10.5 Å². The molecule has 0 aliphatic carbocycles. The predicted octanol–water partition coefficient (Wildman–Crippen LogP) is 7.47. The van der Waals surface area contributed by atoms with E-state index in [9.17, 15) is 9.59 Å². The number of methoxy groups -OCH3 is 2. The highest BCUT2D eigenvalue weighted by Crippen LogP contribution is 2.45. The third kappa shape index (κ3) is 11.7. The maximum atomic E-state index is 13.4. The third-order valence-corrected chi connectivity index (χ3v) is 8.39. The first-order chi connectivity index (χ1) is 21.4. The first-order valence-electron chi connectivity index (χ1n) is 16.9. The van der Waals surface area contributed by atoms with Gasteiger partial charge in [-0.1, -0.05) is 96.1 Å². The monoisotopic (exact) mass is 614 g/mol. The van der Waals surface area contributed by atoms with Crippen LogP contribution in [0.25, 0.3) is 0 Å². The Morgan fingerprint density at radius 3 is 2.02 bits per heavy atom. The van der Waals surface area contributed by atoms with E-state index in [0.29, 0.717) is 42.5 Å². The quantitative estimate of drug-likeness (QED) is 0.101. The van der Waals surface area contributed by atoms with E-state index in [-0.39, 0.29) is 6.61 Å². The molecule has 0 radical (unpaired) electrons. The lowest BCUT2D eigenvalue weighted by atomic mass is 9.73. The zero-order valence-electron chi connectivity index (χ0n) is 28.1. The number of carbonyl (C=O) groups is 2. The number of aliphatic imine (C=N–C) groups is 1. The number of nitrogens with zero attached hydrogens (tertiary/aromatic N) is 1. The Bertz CT molecular complexity index is 1070. The second-order valence-corrected chi connectivity index (χ2v) is 11.7. The summed E-state index contributed by atoms with van der Waals surface area (Å²) in [6, 6.07) is 5.96. The second kappa shape index (κ2) is 21.9. The molecule has 0 saturated heterocycles. The molecule has 8 heteroatoms. The van der Waals surface area contributed by atoms with Gasteiger partial charge in [0.1, 0.15) is 11.7 Å². The number of nitrogens with two attached hydrogens (primary N) is 1. The van der Waals surface area contributed by atoms with E-state index < -0.39 is 23.8 Å². The summed E-state index contributed by atoms with van der Waals surface area (Å²) in [6.07, 6.45) is 17.5. The fraction of sp³-hybridized carbons (Fsp3) is 0.694. The average molecular weight is 615 g/mol. The fourth-order valence-corrected chi connectivity index (χ4v) is 6.17. The Hall–Kier alpha value is -2.71. The van der Waals surface area contributed by atoms with Gasteiger partial charge in [0.25, 0.3) is 0 Å². The van der Waals surface area contributed by atoms with Crippen molar-refractivity contribution in [1.29, 1.82) is 0 Å². The number of unbranched alkanes of at least 4 members (excludes halogenated alkanes) is 12. The molecule has 0 spiro atoms. The van der Waals surface area contributed by atoms with Crippen molar-refractivity contribution in [2.75, 3.05) is 40.6 Å². The zero-order valence-corrected chi connectivity index (χ0v) is 28.1. The maximum Gasteiger partial charge on any atom is 0.336 e. The Balaban J connectivity index is 2.24. The molecule has 1 aliphatic rings. The van der Waals surface area contributed by atoms with Crippen molar-refractivity contribution in [3.8, 4) is 5.75 Å². The molecule has 0 fully saturated rings. The number of benzene rings is 1. The zero-order chi connectivity index (χ0) is 32.2. The standard InChI is InChI=1S/C36H58N2O6/c1-6-8-9-10-11-12-13-14-15-16-17-18-19-21-28-22-20-23-30(44-7-2)32(28)34-31(35(39)41-4)27(3)38-29(26-43-25-24-37)33(34)36(40)42-5/h20,22-23,31,34H,6-19,21,24-26,37H2,1-5H3. The lowest BCUT2D eigenvalue weighted by Crippen LogP contribution is -2.37. The van der Waals surface area contributed by atoms with Gasteiger partial charge >= 0.3 is 11.9 Å². The van der Waals surface area contributed by atoms with E-state index in [1.54, 1.807) is 6.92 Å². The molecule has 1 aromatic carbocycles. The fourth-order valence-electron chi connectivity index (χ4n) is 6.17. The van der Waals surface area contributed by atoms with Crippen LogP contribution in [0.2, 0.25) is 0 Å². The molecule has 1 aliphatic heterocycles. The third-order valence-electron chi connectivity index (χ3n) is 8.39. The number of ether oxygens (including phenoxy) is 4. The molecule has 0 saturated carbocycles. The molecule has 2 unspecified atom stereocenters. The molecule has 2 atom stereocenters. The van der Waals surface area contributed by atoms with E-state index in [2.05, 4.69) is 18.0 Å². The second-order valence-electron chi connectivity index (χ2n) is 11.7. The normalized spacial score (nSPS) is 16.5. The highest BCUT2D eigenvalue weighted by molar-refractivity contribution is 6.07. The summed E-state index contributed by atoms with van der Waals surface area (Å²) in [5.41, 5.74) is 8.79. The van der Waals surface area contributed by atoms with Gasteiger partial charge in [-0.2, -0.15) is 0 Å². The number of hydrogen-bond donors (Lipinski definition) is 1. The van der Waals surface area contributed by atoms with Crippen molar-refractivity contribution >= 4 is 17.7 Å². The maximum absolute atomic E-state index is 13.4. The van der Waals surface area contributed by atoms with Crippen LogP contribution in [0.5, 0.6) is 5.75 Å². The van der Waals surface area contributed by atoms with Gasteiger partial charge in [-0.3, -0.25) is 9.79 Å². The number of carbonyl (C=O) groups excluding carboxylic acids is 2. The molecule has 0 aromatic heterocycles. The highest BCUT2D eigenvalue weighted by Gasteiger charge is 2.45. The van der Waals surface area contributed by atoms with Gasteiger partial charge in [0.15, 0.2) is 0 Å². The summed E-state index contributed by atoms with van der Waals surface area (Å²) in [5, 5.41) is 0. The average Bonchev–Trinajstić information content (AvgIpc) is 3.02. The van der Waals surface area contributed by atoms with Crippen LogP contribution in [0.3, 0.4) is 0 Å². The van der Waals surface area contributed by atoms with Crippen molar-refractivity contribution in [1.82, 2.24) is 0 Å². The molecular formula is C36H58N2O6. The number of hydrogen-bond acceptors (Lipinski definition) is 8. The van der Waals surface area contributed by atoms with Gasteiger partial charge in [0.05, 0.1) is 45.3 Å². The van der Waals surface area contributed by atoms with Gasteiger partial charge in [0.2, 0.25) is 0 Å². The molecule has 248 valence electrons. The lowest BCUT2D eigenvalue weighted by molar-refractivity contribution is -0.143. The van der Waals surface area contributed by atoms with Crippen LogP contribution in [-0.2, 0) is 30.2 Å². The summed E-state index contributed by atoms with van der Waals surface area (Å²) in [5.74, 6) is -1.86. The lowest BCUT2D eigenvalue weighted by Gasteiger charge is -2.34. The van der Waals surface area contributed by atoms with Crippen LogP contribution >= 0.6 is 0 Å². The first kappa shape index (κ1) is 37.5. The van der Waals surface area contributed by atoms with Gasteiger partial charge in [-0.25, -0.2) is 4.79 Å². The van der Waals surface area contributed by atoms with Crippen molar-refractivity contribution in [2.24, 2.45) is 16.6 Å². The summed E-state index contributed by atoms with van der Waals surface area (Å²) in [6.45, 7) is 7.17. The van der Waals surface area contributed by atoms with Crippen molar-refractivity contribution in [2.45, 2.75) is 117 Å². The van der Waals surface area contributed by atoms with Crippen molar-refractivity contribution in [3.63, 3.8) is 0 Å². The Morgan fingerprint density at radius 1 is 0.864 bits per heavy atom. The number of esters is 2.